The van der Waals surface area contributed by atoms with Crippen LogP contribution in [-0.2, 0) is 4.74 Å². The number of aromatic amines is 1. The molecule has 1 atom stereocenters. The van der Waals surface area contributed by atoms with Crippen LogP contribution in [0.25, 0.3) is 0 Å². The quantitative estimate of drug-likeness (QED) is 0.715. The molecule has 2 aliphatic heterocycles. The molecular weight excluding hydrogens is 232 g/mol. The lowest BCUT2D eigenvalue weighted by Gasteiger charge is -2.40. The van der Waals surface area contributed by atoms with E-state index in [1.807, 2.05) is 4.90 Å². The summed E-state index contributed by atoms with van der Waals surface area (Å²) in [6, 6.07) is 0.127. The zero-order valence-corrected chi connectivity index (χ0v) is 10.3. The number of hydrogen-bond donors (Lipinski definition) is 2. The number of aromatic nitrogens is 2. The van der Waals surface area contributed by atoms with Crippen molar-refractivity contribution in [1.29, 1.82) is 0 Å². The van der Waals surface area contributed by atoms with E-state index < -0.39 is 0 Å². The van der Waals surface area contributed by atoms with Crippen LogP contribution in [0, 0.1) is 5.41 Å². The second kappa shape index (κ2) is 4.37. The van der Waals surface area contributed by atoms with Gasteiger partial charge in [-0.15, -0.1) is 0 Å². The summed E-state index contributed by atoms with van der Waals surface area (Å²) in [6.45, 7) is 3.04. The molecule has 3 rings (SSSR count). The molecule has 2 fully saturated rings. The average molecular weight is 250 g/mol. The van der Waals surface area contributed by atoms with E-state index >= 15 is 0 Å². The molecule has 0 unspecified atom stereocenters. The largest absolute Gasteiger partial charge is 0.379 e. The standard InChI is InChI=1S/C12H18N4O2/c13-9-7-18-8-12(9)1-5-16(6-2-12)10-11(17)15-4-3-14-10/h3-4,9H,1-2,5-8,13H2,(H,15,17)/t9-/m1/s1. The third-order valence-electron chi connectivity index (χ3n) is 4.22. The third kappa shape index (κ3) is 1.81. The molecule has 6 nitrogen and oxygen atoms in total. The summed E-state index contributed by atoms with van der Waals surface area (Å²) in [6.07, 6.45) is 5.10. The summed E-state index contributed by atoms with van der Waals surface area (Å²) in [5.74, 6) is 0.514. The van der Waals surface area contributed by atoms with Crippen molar-refractivity contribution in [2.24, 2.45) is 11.1 Å². The Morgan fingerprint density at radius 3 is 2.89 bits per heavy atom. The number of nitrogens with one attached hydrogen (secondary N) is 1. The van der Waals surface area contributed by atoms with Crippen molar-refractivity contribution in [1.82, 2.24) is 9.97 Å². The summed E-state index contributed by atoms with van der Waals surface area (Å²) >= 11 is 0. The van der Waals surface area contributed by atoms with E-state index in [0.29, 0.717) is 12.4 Å². The van der Waals surface area contributed by atoms with Crippen molar-refractivity contribution in [3.63, 3.8) is 0 Å². The van der Waals surface area contributed by atoms with Gasteiger partial charge in [-0.05, 0) is 12.8 Å². The maximum absolute atomic E-state index is 11.7. The zero-order valence-electron chi connectivity index (χ0n) is 10.3. The molecular formula is C12H18N4O2. The van der Waals surface area contributed by atoms with E-state index in [-0.39, 0.29) is 17.0 Å². The Kier molecular flexibility index (Phi) is 2.83. The van der Waals surface area contributed by atoms with Crippen molar-refractivity contribution >= 4 is 5.82 Å². The van der Waals surface area contributed by atoms with Crippen LogP contribution in [0.15, 0.2) is 17.2 Å². The number of H-pyrrole nitrogens is 1. The predicted molar refractivity (Wildman–Crippen MR) is 67.5 cm³/mol. The Bertz CT molecular complexity index is 479. The van der Waals surface area contributed by atoms with Gasteiger partial charge >= 0.3 is 0 Å². The minimum atomic E-state index is -0.125. The van der Waals surface area contributed by atoms with Gasteiger partial charge in [-0.3, -0.25) is 4.79 Å². The maximum Gasteiger partial charge on any atom is 0.290 e. The first-order chi connectivity index (χ1) is 8.71. The number of nitrogens with zero attached hydrogens (tertiary/aromatic N) is 2. The van der Waals surface area contributed by atoms with Gasteiger partial charge in [0.1, 0.15) is 0 Å². The van der Waals surface area contributed by atoms with Gasteiger partial charge in [0.2, 0.25) is 0 Å². The number of piperidine rings is 1. The Labute approximate surface area is 105 Å². The fourth-order valence-electron chi connectivity index (χ4n) is 2.92. The highest BCUT2D eigenvalue weighted by atomic mass is 16.5. The number of rotatable bonds is 1. The Morgan fingerprint density at radius 2 is 2.28 bits per heavy atom. The number of anilines is 1. The topological polar surface area (TPSA) is 84.2 Å². The van der Waals surface area contributed by atoms with Crippen LogP contribution in [0.3, 0.4) is 0 Å². The fourth-order valence-corrected chi connectivity index (χ4v) is 2.92. The van der Waals surface area contributed by atoms with Gasteiger partial charge in [-0.25, -0.2) is 4.98 Å². The molecule has 1 spiro atoms. The molecule has 0 aromatic carbocycles. The molecule has 18 heavy (non-hydrogen) atoms. The first-order valence-electron chi connectivity index (χ1n) is 6.33. The van der Waals surface area contributed by atoms with Gasteiger partial charge in [-0.1, -0.05) is 0 Å². The van der Waals surface area contributed by atoms with Gasteiger partial charge in [0, 0.05) is 36.9 Å². The van der Waals surface area contributed by atoms with Crippen LogP contribution in [0.4, 0.5) is 5.82 Å². The van der Waals surface area contributed by atoms with E-state index in [1.54, 1.807) is 12.4 Å². The molecule has 0 saturated carbocycles. The minimum absolute atomic E-state index is 0.109. The Hall–Kier alpha value is -1.40. The van der Waals surface area contributed by atoms with Gasteiger partial charge in [0.15, 0.2) is 5.82 Å². The number of nitrogens with two attached hydrogens (primary N) is 1. The van der Waals surface area contributed by atoms with Crippen LogP contribution in [0.2, 0.25) is 0 Å². The van der Waals surface area contributed by atoms with E-state index in [4.69, 9.17) is 10.5 Å². The van der Waals surface area contributed by atoms with Gasteiger partial charge in [0.25, 0.3) is 5.56 Å². The SMILES string of the molecule is N[C@@H]1COCC12CCN(c1ncc[nH]c1=O)CC2. The second-order valence-corrected chi connectivity index (χ2v) is 5.21. The summed E-state index contributed by atoms with van der Waals surface area (Å²) < 4.78 is 5.49. The maximum atomic E-state index is 11.7. The first-order valence-corrected chi connectivity index (χ1v) is 6.33. The van der Waals surface area contributed by atoms with Crippen LogP contribution >= 0.6 is 0 Å². The van der Waals surface area contributed by atoms with Gasteiger partial charge < -0.3 is 20.4 Å². The van der Waals surface area contributed by atoms with Crippen molar-refractivity contribution in [2.45, 2.75) is 18.9 Å². The van der Waals surface area contributed by atoms with Crippen molar-refractivity contribution < 1.29 is 4.74 Å². The van der Waals surface area contributed by atoms with Gasteiger partial charge in [-0.2, -0.15) is 0 Å². The lowest BCUT2D eigenvalue weighted by Crippen LogP contribution is -2.50. The van der Waals surface area contributed by atoms with Crippen LogP contribution in [0.1, 0.15) is 12.8 Å². The number of ether oxygens (including phenoxy) is 1. The monoisotopic (exact) mass is 250 g/mol. The molecule has 2 aliphatic rings. The minimum Gasteiger partial charge on any atom is -0.379 e. The van der Waals surface area contributed by atoms with Crippen molar-refractivity contribution in [2.75, 3.05) is 31.2 Å². The highest BCUT2D eigenvalue weighted by Gasteiger charge is 2.44. The average Bonchev–Trinajstić information content (AvgIpc) is 2.73. The van der Waals surface area contributed by atoms with Crippen LogP contribution in [0.5, 0.6) is 0 Å². The lowest BCUT2D eigenvalue weighted by molar-refractivity contribution is 0.131. The molecule has 6 heteroatoms. The van der Waals surface area contributed by atoms with E-state index in [0.717, 1.165) is 32.5 Å². The van der Waals surface area contributed by atoms with E-state index in [9.17, 15) is 4.79 Å². The number of hydrogen-bond acceptors (Lipinski definition) is 5. The van der Waals surface area contributed by atoms with Crippen LogP contribution < -0.4 is 16.2 Å². The normalized spacial score (nSPS) is 26.7. The molecule has 3 N–H and O–H groups in total. The van der Waals surface area contributed by atoms with Gasteiger partial charge in [0.05, 0.1) is 13.2 Å². The first kappa shape index (κ1) is 11.7. The molecule has 1 aromatic rings. The third-order valence-corrected chi connectivity index (χ3v) is 4.22. The lowest BCUT2D eigenvalue weighted by atomic mass is 9.75. The smallest absolute Gasteiger partial charge is 0.290 e. The van der Waals surface area contributed by atoms with Crippen LogP contribution in [-0.4, -0.2) is 42.3 Å². The zero-order chi connectivity index (χ0) is 12.6. The van der Waals surface area contributed by atoms with E-state index in [1.165, 1.54) is 0 Å². The Balaban J connectivity index is 1.74. The molecule has 0 radical (unpaired) electrons. The molecule has 2 saturated heterocycles. The van der Waals surface area contributed by atoms with E-state index in [2.05, 4.69) is 9.97 Å². The molecule has 1 aromatic heterocycles. The summed E-state index contributed by atoms with van der Waals surface area (Å²) in [7, 11) is 0. The Morgan fingerprint density at radius 1 is 1.50 bits per heavy atom. The molecule has 3 heterocycles. The fraction of sp³-hybridized carbons (Fsp3) is 0.667. The molecule has 0 aliphatic carbocycles. The highest BCUT2D eigenvalue weighted by molar-refractivity contribution is 5.36. The second-order valence-electron chi connectivity index (χ2n) is 5.21. The summed E-state index contributed by atoms with van der Waals surface area (Å²) in [4.78, 5) is 20.5. The summed E-state index contributed by atoms with van der Waals surface area (Å²) in [5.41, 5.74) is 6.12. The highest BCUT2D eigenvalue weighted by Crippen LogP contribution is 2.38. The predicted octanol–water partition coefficient (Wildman–Crippen LogP) is -0.286. The molecule has 0 bridgehead atoms. The van der Waals surface area contributed by atoms with Crippen molar-refractivity contribution in [3.05, 3.63) is 22.7 Å². The molecule has 0 amide bonds. The molecule has 98 valence electrons. The van der Waals surface area contributed by atoms with Crippen molar-refractivity contribution in [3.8, 4) is 0 Å². The summed E-state index contributed by atoms with van der Waals surface area (Å²) in [5, 5.41) is 0.